The van der Waals surface area contributed by atoms with Crippen LogP contribution in [0.4, 0.5) is 11.4 Å². The van der Waals surface area contributed by atoms with E-state index in [1.165, 1.54) is 16.0 Å². The van der Waals surface area contributed by atoms with Gasteiger partial charge in [-0.15, -0.1) is 11.8 Å². The van der Waals surface area contributed by atoms with Crippen LogP contribution >= 0.6 is 23.4 Å². The molecule has 5 aromatic rings. The predicted molar refractivity (Wildman–Crippen MR) is 224 cm³/mol. The monoisotopic (exact) mass is 781 g/mol. The van der Waals surface area contributed by atoms with Gasteiger partial charge in [0.05, 0.1) is 4.90 Å². The number of benzene rings is 5. The number of hydrogen-bond donors (Lipinski definition) is 2. The molecular weight excluding hydrogens is 734 g/mol. The van der Waals surface area contributed by atoms with E-state index in [0.717, 1.165) is 79.0 Å². The number of nitrogens with zero attached hydrogens (tertiary/aromatic N) is 3. The number of carbonyl (C=O) groups is 1. The van der Waals surface area contributed by atoms with Gasteiger partial charge >= 0.3 is 0 Å². The average Bonchev–Trinajstić information content (AvgIpc) is 3.17. The Bertz CT molecular complexity index is 2120. The van der Waals surface area contributed by atoms with E-state index in [4.69, 9.17) is 11.6 Å². The number of aryl methyl sites for hydroxylation is 1. The summed E-state index contributed by atoms with van der Waals surface area (Å²) in [5.74, 6) is 0.203. The lowest BCUT2D eigenvalue weighted by Crippen LogP contribution is -2.46. The van der Waals surface area contributed by atoms with Gasteiger partial charge in [-0.3, -0.25) is 9.69 Å². The second kappa shape index (κ2) is 18.3. The Morgan fingerprint density at radius 1 is 0.852 bits per heavy atom. The molecule has 0 aromatic heterocycles. The summed E-state index contributed by atoms with van der Waals surface area (Å²) in [6.07, 6.45) is 0.929. The summed E-state index contributed by atoms with van der Waals surface area (Å²) < 4.78 is 29.0. The van der Waals surface area contributed by atoms with Gasteiger partial charge in [0, 0.05) is 71.4 Å². The molecule has 1 heterocycles. The first-order chi connectivity index (χ1) is 26.0. The van der Waals surface area contributed by atoms with Gasteiger partial charge in [0.2, 0.25) is 0 Å². The topological polar surface area (TPSA) is 85.0 Å². The van der Waals surface area contributed by atoms with E-state index in [9.17, 15) is 13.2 Å². The van der Waals surface area contributed by atoms with E-state index in [2.05, 4.69) is 81.3 Å². The van der Waals surface area contributed by atoms with Crippen molar-refractivity contribution in [2.24, 2.45) is 0 Å². The van der Waals surface area contributed by atoms with Crippen LogP contribution in [0.3, 0.4) is 0 Å². The molecule has 1 fully saturated rings. The summed E-state index contributed by atoms with van der Waals surface area (Å²) in [4.78, 5) is 21.3. The van der Waals surface area contributed by atoms with Crippen molar-refractivity contribution < 1.29 is 13.2 Å². The Hall–Kier alpha value is -4.32. The smallest absolute Gasteiger partial charge is 0.264 e. The third-order valence-corrected chi connectivity index (χ3v) is 12.4. The van der Waals surface area contributed by atoms with E-state index < -0.39 is 15.9 Å². The highest BCUT2D eigenvalue weighted by molar-refractivity contribution is 7.99. The van der Waals surface area contributed by atoms with Crippen LogP contribution in [-0.2, 0) is 16.6 Å². The first-order valence-electron chi connectivity index (χ1n) is 18.2. The number of carbonyl (C=O) groups excluding carboxylic acids is 1. The Balaban J connectivity index is 1.03. The van der Waals surface area contributed by atoms with Crippen LogP contribution in [0.1, 0.15) is 27.9 Å². The van der Waals surface area contributed by atoms with Crippen molar-refractivity contribution in [2.75, 3.05) is 62.8 Å². The van der Waals surface area contributed by atoms with Crippen molar-refractivity contribution in [1.82, 2.24) is 14.5 Å². The zero-order valence-corrected chi connectivity index (χ0v) is 33.4. The summed E-state index contributed by atoms with van der Waals surface area (Å²) in [6.45, 7) is 7.10. The van der Waals surface area contributed by atoms with Crippen LogP contribution in [0, 0.1) is 6.92 Å². The Kier molecular flexibility index (Phi) is 13.4. The van der Waals surface area contributed by atoms with Crippen LogP contribution in [0.15, 0.2) is 131 Å². The molecule has 1 atom stereocenters. The summed E-state index contributed by atoms with van der Waals surface area (Å²) >= 11 is 8.08. The van der Waals surface area contributed by atoms with Gasteiger partial charge < -0.3 is 15.1 Å². The molecule has 0 unspecified atom stereocenters. The molecule has 54 heavy (non-hydrogen) atoms. The maximum Gasteiger partial charge on any atom is 0.264 e. The third-order valence-electron chi connectivity index (χ3n) is 9.63. The van der Waals surface area contributed by atoms with Gasteiger partial charge in [0.25, 0.3) is 15.9 Å². The lowest BCUT2D eigenvalue weighted by atomic mass is 9.99. The molecule has 0 aliphatic carbocycles. The van der Waals surface area contributed by atoms with Crippen molar-refractivity contribution in [2.45, 2.75) is 35.7 Å². The van der Waals surface area contributed by atoms with Crippen LogP contribution in [0.5, 0.6) is 0 Å². The molecule has 5 aromatic carbocycles. The van der Waals surface area contributed by atoms with Crippen molar-refractivity contribution in [3.05, 3.63) is 143 Å². The zero-order valence-electron chi connectivity index (χ0n) is 31.0. The van der Waals surface area contributed by atoms with E-state index in [1.807, 2.05) is 55.5 Å². The number of halogens is 1. The largest absolute Gasteiger partial charge is 0.381 e. The van der Waals surface area contributed by atoms with E-state index in [0.29, 0.717) is 0 Å². The summed E-state index contributed by atoms with van der Waals surface area (Å²) in [7, 11) is 0.0278. The molecule has 1 aliphatic heterocycles. The number of rotatable bonds is 15. The number of piperazine rings is 1. The molecule has 11 heteroatoms. The maximum atomic E-state index is 13.4. The fourth-order valence-corrected chi connectivity index (χ4v) is 8.82. The van der Waals surface area contributed by atoms with Gasteiger partial charge in [0.15, 0.2) is 0 Å². The molecule has 1 amide bonds. The van der Waals surface area contributed by atoms with Crippen LogP contribution in [0.25, 0.3) is 11.1 Å². The fraction of sp³-hybridized carbons (Fsp3) is 0.279. The molecular formula is C43H48ClN5O3S2. The van der Waals surface area contributed by atoms with Crippen LogP contribution < -0.4 is 14.9 Å². The molecule has 0 saturated carbocycles. The van der Waals surface area contributed by atoms with Gasteiger partial charge in [0.1, 0.15) is 0 Å². The molecule has 6 rings (SSSR count). The zero-order chi connectivity index (χ0) is 38.1. The third kappa shape index (κ3) is 10.7. The first-order valence-corrected chi connectivity index (χ1v) is 21.1. The van der Waals surface area contributed by atoms with E-state index >= 15 is 0 Å². The Morgan fingerprint density at radius 2 is 1.57 bits per heavy atom. The van der Waals surface area contributed by atoms with Gasteiger partial charge in [-0.05, 0) is 123 Å². The first kappa shape index (κ1) is 39.4. The van der Waals surface area contributed by atoms with Crippen LogP contribution in [-0.4, -0.2) is 82.7 Å². The fourth-order valence-electron chi connectivity index (χ4n) is 6.57. The minimum Gasteiger partial charge on any atom is -0.381 e. The second-order valence-corrected chi connectivity index (χ2v) is 17.2. The summed E-state index contributed by atoms with van der Waals surface area (Å²) in [5, 5.41) is 4.36. The molecule has 282 valence electrons. The highest BCUT2D eigenvalue weighted by Gasteiger charge is 2.22. The molecule has 8 nitrogen and oxygen atoms in total. The molecule has 1 aliphatic rings. The predicted octanol–water partition coefficient (Wildman–Crippen LogP) is 8.28. The maximum absolute atomic E-state index is 13.4. The molecule has 1 saturated heterocycles. The number of sulfonamides is 1. The molecule has 0 bridgehead atoms. The number of anilines is 2. The standard InChI is InChI=1S/C43H48ClN5O3S2/c1-32-28-40(20-21-42(32)45-37(22-23-47(2)3)31-53-39-13-5-4-6-14-39)54(51,52)46-43(50)33-16-18-38(19-17-33)49-26-24-48(25-27-49)30-35-10-7-8-15-41(35)34-11-9-12-36(44)29-34/h4-21,28-29,37,45H,22-27,30-31H2,1-3H3,(H,46,50)/t37-/m1/s1. The van der Waals surface area contributed by atoms with Crippen molar-refractivity contribution in [3.63, 3.8) is 0 Å². The summed E-state index contributed by atoms with van der Waals surface area (Å²) in [6, 6.07) is 39.0. The number of amides is 1. The highest BCUT2D eigenvalue weighted by atomic mass is 35.5. The van der Waals surface area contributed by atoms with E-state index in [1.54, 1.807) is 42.1 Å². The minimum absolute atomic E-state index is 0.0482. The SMILES string of the molecule is Cc1cc(S(=O)(=O)NC(=O)c2ccc(N3CCN(Cc4ccccc4-c4cccc(Cl)c4)CC3)cc2)ccc1N[C@H](CCN(C)C)CSc1ccccc1. The Labute approximate surface area is 329 Å². The Morgan fingerprint density at radius 3 is 2.28 bits per heavy atom. The molecule has 2 N–H and O–H groups in total. The number of nitrogens with one attached hydrogen (secondary N) is 2. The summed E-state index contributed by atoms with van der Waals surface area (Å²) in [5.41, 5.74) is 6.52. The van der Waals surface area contributed by atoms with Crippen LogP contribution in [0.2, 0.25) is 5.02 Å². The minimum atomic E-state index is -4.09. The van der Waals surface area contributed by atoms with Crippen molar-refractivity contribution >= 4 is 50.7 Å². The average molecular weight is 782 g/mol. The van der Waals surface area contributed by atoms with Crippen molar-refractivity contribution in [3.8, 4) is 11.1 Å². The quantitative estimate of drug-likeness (QED) is 0.103. The van der Waals surface area contributed by atoms with Gasteiger partial charge in [-0.25, -0.2) is 13.1 Å². The number of thioether (sulfide) groups is 1. The normalized spacial score (nSPS) is 14.2. The second-order valence-electron chi connectivity index (χ2n) is 13.9. The van der Waals surface area contributed by atoms with E-state index in [-0.39, 0.29) is 16.5 Å². The van der Waals surface area contributed by atoms with Crippen molar-refractivity contribution in [1.29, 1.82) is 0 Å². The number of hydrogen-bond acceptors (Lipinski definition) is 8. The van der Waals surface area contributed by atoms with Gasteiger partial charge in [-0.2, -0.15) is 0 Å². The highest BCUT2D eigenvalue weighted by Crippen LogP contribution is 2.29. The molecule has 0 spiro atoms. The lowest BCUT2D eigenvalue weighted by Gasteiger charge is -2.36. The lowest BCUT2D eigenvalue weighted by molar-refractivity contribution is 0.0981. The van der Waals surface area contributed by atoms with Gasteiger partial charge in [-0.1, -0.05) is 66.2 Å². The molecule has 0 radical (unpaired) electrons.